The molecule has 5 heteroatoms. The van der Waals surface area contributed by atoms with Gasteiger partial charge in [-0.15, -0.1) is 0 Å². The predicted molar refractivity (Wildman–Crippen MR) is 73.0 cm³/mol. The fraction of sp³-hybridized carbons (Fsp3) is 0.133. The summed E-state index contributed by atoms with van der Waals surface area (Å²) < 4.78 is 23.7. The Morgan fingerprint density at radius 2 is 1.95 bits per heavy atom. The minimum absolute atomic E-state index is 0.125. The van der Waals surface area contributed by atoms with E-state index in [1.165, 1.54) is 25.1 Å². The van der Waals surface area contributed by atoms with Gasteiger partial charge >= 0.3 is 5.97 Å². The lowest BCUT2D eigenvalue weighted by atomic mass is 10.3. The van der Waals surface area contributed by atoms with Crippen LogP contribution in [0.1, 0.15) is 6.92 Å². The molecule has 0 aromatic heterocycles. The van der Waals surface area contributed by atoms with E-state index in [1.54, 1.807) is 30.3 Å². The van der Waals surface area contributed by atoms with Crippen molar-refractivity contribution in [2.75, 3.05) is 5.73 Å². The van der Waals surface area contributed by atoms with Crippen LogP contribution in [0.3, 0.4) is 0 Å². The van der Waals surface area contributed by atoms with E-state index < -0.39 is 17.9 Å². The van der Waals surface area contributed by atoms with E-state index in [-0.39, 0.29) is 5.75 Å². The first-order chi connectivity index (χ1) is 9.56. The van der Waals surface area contributed by atoms with E-state index in [4.69, 9.17) is 15.2 Å². The first-order valence-corrected chi connectivity index (χ1v) is 6.04. The molecule has 1 atom stereocenters. The van der Waals surface area contributed by atoms with Crippen LogP contribution in [0.25, 0.3) is 0 Å². The third-order valence-electron chi connectivity index (χ3n) is 2.55. The molecule has 2 rings (SSSR count). The molecule has 104 valence electrons. The highest BCUT2D eigenvalue weighted by molar-refractivity contribution is 5.77. The highest BCUT2D eigenvalue weighted by Gasteiger charge is 2.18. The van der Waals surface area contributed by atoms with Crippen LogP contribution in [0.5, 0.6) is 11.5 Å². The third-order valence-corrected chi connectivity index (χ3v) is 2.55. The smallest absolute Gasteiger partial charge is 0.352 e. The highest BCUT2D eigenvalue weighted by atomic mass is 19.1. The fourth-order valence-electron chi connectivity index (χ4n) is 1.56. The third kappa shape index (κ3) is 3.47. The number of anilines is 1. The van der Waals surface area contributed by atoms with Crippen LogP contribution in [0, 0.1) is 5.82 Å². The van der Waals surface area contributed by atoms with Crippen molar-refractivity contribution in [3.8, 4) is 11.5 Å². The number of para-hydroxylation sites is 1. The monoisotopic (exact) mass is 275 g/mol. The largest absolute Gasteiger partial charge is 0.479 e. The quantitative estimate of drug-likeness (QED) is 0.529. The van der Waals surface area contributed by atoms with Gasteiger partial charge < -0.3 is 15.2 Å². The summed E-state index contributed by atoms with van der Waals surface area (Å²) in [6, 6.07) is 12.4. The maximum atomic E-state index is 13.4. The van der Waals surface area contributed by atoms with Crippen molar-refractivity contribution >= 4 is 11.7 Å². The Morgan fingerprint density at radius 3 is 2.65 bits per heavy atom. The van der Waals surface area contributed by atoms with Crippen molar-refractivity contribution in [2.45, 2.75) is 13.0 Å². The number of hydrogen-bond acceptors (Lipinski definition) is 4. The Bertz CT molecular complexity index is 616. The van der Waals surface area contributed by atoms with Gasteiger partial charge in [-0.05, 0) is 31.2 Å². The van der Waals surface area contributed by atoms with Crippen LogP contribution in [0.15, 0.2) is 48.5 Å². The molecular weight excluding hydrogens is 261 g/mol. The van der Waals surface area contributed by atoms with Crippen LogP contribution in [0.4, 0.5) is 10.1 Å². The molecule has 0 bridgehead atoms. The number of nitrogens with two attached hydrogens (primary N) is 1. The molecule has 2 aromatic rings. The van der Waals surface area contributed by atoms with Crippen molar-refractivity contribution in [1.82, 2.24) is 0 Å². The van der Waals surface area contributed by atoms with E-state index in [2.05, 4.69) is 0 Å². The topological polar surface area (TPSA) is 61.5 Å². The van der Waals surface area contributed by atoms with Gasteiger partial charge in [0.2, 0.25) is 0 Å². The number of halogens is 1. The van der Waals surface area contributed by atoms with Crippen molar-refractivity contribution in [3.63, 3.8) is 0 Å². The Hall–Kier alpha value is -2.56. The number of hydrogen-bond donors (Lipinski definition) is 1. The number of carbonyl (C=O) groups is 1. The van der Waals surface area contributed by atoms with Gasteiger partial charge in [-0.2, -0.15) is 0 Å². The Balaban J connectivity index is 2.01. The molecule has 0 aliphatic rings. The number of ether oxygens (including phenoxy) is 2. The van der Waals surface area contributed by atoms with Crippen LogP contribution in [0.2, 0.25) is 0 Å². The molecular formula is C15H14FNO3. The second-order valence-electron chi connectivity index (χ2n) is 4.18. The molecule has 2 aromatic carbocycles. The standard InChI is InChI=1S/C15H14FNO3/c1-10(19-12-6-4-5-11(17)9-12)15(18)20-14-8-3-2-7-13(14)16/h2-10H,17H2,1H3/t10-/m1/s1. The Morgan fingerprint density at radius 1 is 1.20 bits per heavy atom. The van der Waals surface area contributed by atoms with Crippen molar-refractivity contribution < 1.29 is 18.7 Å². The van der Waals surface area contributed by atoms with Gasteiger partial charge in [0.15, 0.2) is 17.7 Å². The molecule has 20 heavy (non-hydrogen) atoms. The number of rotatable bonds is 4. The summed E-state index contributed by atoms with van der Waals surface area (Å²) in [4.78, 5) is 11.8. The summed E-state index contributed by atoms with van der Waals surface area (Å²) in [5, 5.41) is 0. The Labute approximate surface area is 115 Å². The maximum Gasteiger partial charge on any atom is 0.352 e. The predicted octanol–water partition coefficient (Wildman–Crippen LogP) is 2.78. The molecule has 0 spiro atoms. The first-order valence-electron chi connectivity index (χ1n) is 6.04. The van der Waals surface area contributed by atoms with E-state index in [9.17, 15) is 9.18 Å². The lowest BCUT2D eigenvalue weighted by molar-refractivity contribution is -0.141. The fourth-order valence-corrected chi connectivity index (χ4v) is 1.56. The molecule has 0 aliphatic heterocycles. The van der Waals surface area contributed by atoms with E-state index in [0.29, 0.717) is 11.4 Å². The second kappa shape index (κ2) is 6.06. The second-order valence-corrected chi connectivity index (χ2v) is 4.18. The summed E-state index contributed by atoms with van der Waals surface area (Å²) in [7, 11) is 0. The zero-order valence-electron chi connectivity index (χ0n) is 10.9. The van der Waals surface area contributed by atoms with Crippen LogP contribution in [-0.4, -0.2) is 12.1 Å². The molecule has 0 radical (unpaired) electrons. The minimum Gasteiger partial charge on any atom is -0.479 e. The average Bonchev–Trinajstić information content (AvgIpc) is 2.41. The van der Waals surface area contributed by atoms with Gasteiger partial charge in [0, 0.05) is 11.8 Å². The zero-order chi connectivity index (χ0) is 14.5. The van der Waals surface area contributed by atoms with E-state index in [1.807, 2.05) is 0 Å². The van der Waals surface area contributed by atoms with Crippen molar-refractivity contribution in [3.05, 3.63) is 54.3 Å². The van der Waals surface area contributed by atoms with Gasteiger partial charge in [0.1, 0.15) is 5.75 Å². The lowest BCUT2D eigenvalue weighted by Crippen LogP contribution is -2.28. The molecule has 0 fully saturated rings. The van der Waals surface area contributed by atoms with Gasteiger partial charge in [-0.3, -0.25) is 0 Å². The summed E-state index contributed by atoms with van der Waals surface area (Å²) in [5.74, 6) is -0.960. The lowest BCUT2D eigenvalue weighted by Gasteiger charge is -2.14. The molecule has 0 saturated carbocycles. The van der Waals surface area contributed by atoms with Gasteiger partial charge in [0.05, 0.1) is 0 Å². The molecule has 4 nitrogen and oxygen atoms in total. The van der Waals surface area contributed by atoms with E-state index >= 15 is 0 Å². The number of benzene rings is 2. The summed E-state index contributed by atoms with van der Waals surface area (Å²) in [5.41, 5.74) is 6.13. The van der Waals surface area contributed by atoms with Crippen molar-refractivity contribution in [1.29, 1.82) is 0 Å². The van der Waals surface area contributed by atoms with Crippen LogP contribution in [-0.2, 0) is 4.79 Å². The van der Waals surface area contributed by atoms with Gasteiger partial charge in [-0.1, -0.05) is 18.2 Å². The molecule has 0 saturated heterocycles. The Kier molecular flexibility index (Phi) is 4.20. The zero-order valence-corrected chi connectivity index (χ0v) is 10.9. The first kappa shape index (κ1) is 13.9. The maximum absolute atomic E-state index is 13.4. The minimum atomic E-state index is -0.878. The number of esters is 1. The normalized spacial score (nSPS) is 11.7. The van der Waals surface area contributed by atoms with Gasteiger partial charge in [-0.25, -0.2) is 9.18 Å². The highest BCUT2D eigenvalue weighted by Crippen LogP contribution is 2.19. The molecule has 2 N–H and O–H groups in total. The summed E-state index contributed by atoms with van der Waals surface area (Å²) in [6.07, 6.45) is -0.878. The number of carbonyl (C=O) groups excluding carboxylic acids is 1. The summed E-state index contributed by atoms with van der Waals surface area (Å²) >= 11 is 0. The number of nitrogen functional groups attached to an aromatic ring is 1. The molecule has 0 amide bonds. The van der Waals surface area contributed by atoms with E-state index in [0.717, 1.165) is 0 Å². The van der Waals surface area contributed by atoms with Crippen molar-refractivity contribution in [2.24, 2.45) is 0 Å². The van der Waals surface area contributed by atoms with Crippen LogP contribution >= 0.6 is 0 Å². The van der Waals surface area contributed by atoms with Gasteiger partial charge in [0.25, 0.3) is 0 Å². The van der Waals surface area contributed by atoms with Crippen LogP contribution < -0.4 is 15.2 Å². The molecule has 0 unspecified atom stereocenters. The average molecular weight is 275 g/mol. The molecule has 0 heterocycles. The molecule has 0 aliphatic carbocycles. The SMILES string of the molecule is C[C@@H](Oc1cccc(N)c1)C(=O)Oc1ccccc1F. The summed E-state index contributed by atoms with van der Waals surface area (Å²) in [6.45, 7) is 1.52.